The smallest absolute Gasteiger partial charge is 0.339 e. The third kappa shape index (κ3) is 4.90. The molecule has 2 N–H and O–H groups in total. The van der Waals surface area contributed by atoms with Crippen molar-refractivity contribution in [3.8, 4) is 0 Å². The highest BCUT2D eigenvalue weighted by Gasteiger charge is 2.26. The molecule has 0 unspecified atom stereocenters. The van der Waals surface area contributed by atoms with E-state index in [0.717, 1.165) is 29.5 Å². The summed E-state index contributed by atoms with van der Waals surface area (Å²) in [4.78, 5) is 41.1. The highest BCUT2D eigenvalue weighted by atomic mass is 19.1. The zero-order valence-corrected chi connectivity index (χ0v) is 18.0. The summed E-state index contributed by atoms with van der Waals surface area (Å²) < 4.78 is 18.6. The number of nitrogens with zero attached hydrogens (tertiary/aromatic N) is 1. The van der Waals surface area contributed by atoms with E-state index in [1.807, 2.05) is 24.3 Å². The van der Waals surface area contributed by atoms with Crippen molar-refractivity contribution in [1.82, 2.24) is 15.6 Å². The minimum Gasteiger partial charge on any atom is -0.452 e. The van der Waals surface area contributed by atoms with Gasteiger partial charge in [-0.05, 0) is 60.2 Å². The van der Waals surface area contributed by atoms with Crippen molar-refractivity contribution >= 4 is 40.5 Å². The summed E-state index contributed by atoms with van der Waals surface area (Å²) >= 11 is 0. The zero-order chi connectivity index (χ0) is 23.4. The largest absolute Gasteiger partial charge is 0.452 e. The molecule has 0 atom stereocenters. The van der Waals surface area contributed by atoms with Crippen LogP contribution < -0.4 is 10.6 Å². The first-order chi connectivity index (χ1) is 16.0. The van der Waals surface area contributed by atoms with Gasteiger partial charge in [0.2, 0.25) is 0 Å². The maximum Gasteiger partial charge on any atom is 0.339 e. The molecule has 3 amide bonds. The molecule has 0 spiro atoms. The van der Waals surface area contributed by atoms with Crippen LogP contribution in [0.1, 0.15) is 40.0 Å². The van der Waals surface area contributed by atoms with Crippen LogP contribution in [-0.4, -0.2) is 36.5 Å². The number of amides is 3. The summed E-state index contributed by atoms with van der Waals surface area (Å²) in [5.74, 6) is -1.69. The fourth-order valence-corrected chi connectivity index (χ4v) is 3.90. The average Bonchev–Trinajstić information content (AvgIpc) is 2.82. The minimum atomic E-state index is -0.730. The van der Waals surface area contributed by atoms with Crippen molar-refractivity contribution in [3.05, 3.63) is 76.7 Å². The number of hydrogen-bond donors (Lipinski definition) is 2. The summed E-state index contributed by atoms with van der Waals surface area (Å²) in [6.45, 7) is -0.587. The third-order valence-corrected chi connectivity index (χ3v) is 5.40. The van der Waals surface area contributed by atoms with Crippen molar-refractivity contribution in [2.75, 3.05) is 13.7 Å². The lowest BCUT2D eigenvalue weighted by atomic mass is 9.86. The van der Waals surface area contributed by atoms with E-state index in [0.29, 0.717) is 28.6 Å². The quantitative estimate of drug-likeness (QED) is 0.592. The molecule has 1 aromatic heterocycles. The van der Waals surface area contributed by atoms with E-state index in [1.165, 1.54) is 19.2 Å². The molecule has 7 nitrogen and oxygen atoms in total. The number of para-hydroxylation sites is 1. The Morgan fingerprint density at radius 1 is 1.09 bits per heavy atom. The maximum absolute atomic E-state index is 13.3. The Morgan fingerprint density at radius 2 is 1.85 bits per heavy atom. The predicted octanol–water partition coefficient (Wildman–Crippen LogP) is 3.86. The maximum atomic E-state index is 13.3. The highest BCUT2D eigenvalue weighted by molar-refractivity contribution is 6.07. The van der Waals surface area contributed by atoms with E-state index >= 15 is 0 Å². The first kappa shape index (κ1) is 22.1. The number of benzene rings is 2. The number of urea groups is 1. The van der Waals surface area contributed by atoms with Crippen LogP contribution in [0.5, 0.6) is 0 Å². The topological polar surface area (TPSA) is 97.4 Å². The van der Waals surface area contributed by atoms with Gasteiger partial charge in [-0.15, -0.1) is 0 Å². The Morgan fingerprint density at radius 3 is 2.61 bits per heavy atom. The molecular formula is C25H22FN3O4. The van der Waals surface area contributed by atoms with Crippen LogP contribution in [0.3, 0.4) is 0 Å². The second-order valence-corrected chi connectivity index (χ2v) is 7.61. The van der Waals surface area contributed by atoms with E-state index in [-0.39, 0.29) is 5.82 Å². The second-order valence-electron chi connectivity index (χ2n) is 7.61. The third-order valence-electron chi connectivity index (χ3n) is 5.40. The fraction of sp³-hybridized carbons (Fsp3) is 0.200. The molecule has 1 aliphatic carbocycles. The van der Waals surface area contributed by atoms with Crippen LogP contribution in [0.25, 0.3) is 22.6 Å². The Labute approximate surface area is 189 Å². The Bertz CT molecular complexity index is 1270. The average molecular weight is 447 g/mol. The fourth-order valence-electron chi connectivity index (χ4n) is 3.90. The normalized spacial score (nSPS) is 13.9. The van der Waals surface area contributed by atoms with E-state index in [2.05, 4.69) is 10.6 Å². The number of nitrogens with one attached hydrogen (secondary N) is 2. The van der Waals surface area contributed by atoms with Gasteiger partial charge in [-0.3, -0.25) is 10.1 Å². The highest BCUT2D eigenvalue weighted by Crippen LogP contribution is 2.36. The molecule has 1 heterocycles. The van der Waals surface area contributed by atoms with E-state index in [1.54, 1.807) is 18.2 Å². The van der Waals surface area contributed by atoms with Gasteiger partial charge >= 0.3 is 12.0 Å². The lowest BCUT2D eigenvalue weighted by molar-refractivity contribution is -0.123. The SMILES string of the molecule is CNC(=O)NC(=O)COC(=O)c1c2c(nc3ccccc13)/C(=C/c1ccc(F)cc1)CCC2. The number of fused-ring (bicyclic) bond motifs is 2. The number of rotatable bonds is 4. The summed E-state index contributed by atoms with van der Waals surface area (Å²) in [6.07, 6.45) is 4.14. The lowest BCUT2D eigenvalue weighted by Crippen LogP contribution is -2.39. The van der Waals surface area contributed by atoms with Gasteiger partial charge in [-0.2, -0.15) is 0 Å². The number of ether oxygens (including phenoxy) is 1. The molecule has 0 aliphatic heterocycles. The molecule has 3 aromatic rings. The van der Waals surface area contributed by atoms with Gasteiger partial charge in [0.05, 0.1) is 16.8 Å². The van der Waals surface area contributed by atoms with Gasteiger partial charge in [0, 0.05) is 12.4 Å². The van der Waals surface area contributed by atoms with Gasteiger partial charge < -0.3 is 10.1 Å². The molecule has 0 fully saturated rings. The van der Waals surface area contributed by atoms with Crippen molar-refractivity contribution in [2.24, 2.45) is 0 Å². The van der Waals surface area contributed by atoms with E-state index in [4.69, 9.17) is 9.72 Å². The van der Waals surface area contributed by atoms with Crippen molar-refractivity contribution < 1.29 is 23.5 Å². The zero-order valence-electron chi connectivity index (χ0n) is 18.0. The van der Waals surface area contributed by atoms with Crippen LogP contribution in [0.2, 0.25) is 0 Å². The summed E-state index contributed by atoms with van der Waals surface area (Å²) in [5.41, 5.74) is 4.23. The summed E-state index contributed by atoms with van der Waals surface area (Å²) in [6, 6.07) is 12.8. The molecule has 2 aromatic carbocycles. The van der Waals surface area contributed by atoms with Crippen molar-refractivity contribution in [2.45, 2.75) is 19.3 Å². The minimum absolute atomic E-state index is 0.309. The van der Waals surface area contributed by atoms with Gasteiger partial charge in [-0.25, -0.2) is 19.0 Å². The Kier molecular flexibility index (Phi) is 6.44. The molecule has 4 rings (SSSR count). The summed E-state index contributed by atoms with van der Waals surface area (Å²) in [7, 11) is 1.38. The molecule has 0 saturated carbocycles. The number of halogens is 1. The van der Waals surface area contributed by atoms with E-state index in [9.17, 15) is 18.8 Å². The predicted molar refractivity (Wildman–Crippen MR) is 122 cm³/mol. The number of hydrogen-bond acceptors (Lipinski definition) is 5. The lowest BCUT2D eigenvalue weighted by Gasteiger charge is -2.22. The molecule has 168 valence electrons. The van der Waals surface area contributed by atoms with Crippen LogP contribution in [-0.2, 0) is 16.0 Å². The van der Waals surface area contributed by atoms with Gasteiger partial charge in [-0.1, -0.05) is 30.3 Å². The first-order valence-corrected chi connectivity index (χ1v) is 10.5. The van der Waals surface area contributed by atoms with Crippen LogP contribution in [0.15, 0.2) is 48.5 Å². The van der Waals surface area contributed by atoms with Crippen LogP contribution >= 0.6 is 0 Å². The number of esters is 1. The van der Waals surface area contributed by atoms with Gasteiger partial charge in [0.25, 0.3) is 5.91 Å². The summed E-state index contributed by atoms with van der Waals surface area (Å²) in [5, 5.41) is 4.96. The first-order valence-electron chi connectivity index (χ1n) is 10.5. The molecule has 33 heavy (non-hydrogen) atoms. The van der Waals surface area contributed by atoms with Crippen LogP contribution in [0.4, 0.5) is 9.18 Å². The number of imide groups is 1. The Balaban J connectivity index is 1.72. The van der Waals surface area contributed by atoms with Crippen LogP contribution in [0, 0.1) is 5.82 Å². The number of pyridine rings is 1. The monoisotopic (exact) mass is 447 g/mol. The number of carbonyl (C=O) groups excluding carboxylic acids is 3. The molecular weight excluding hydrogens is 425 g/mol. The standard InChI is InChI=1S/C25H22FN3O4/c1-27-25(32)29-21(30)14-33-24(31)22-18-6-2-3-8-20(18)28-23-16(5-4-7-19(22)23)13-15-9-11-17(26)12-10-15/h2-3,6,8-13H,4-5,7,14H2,1H3,(H2,27,29,30,32)/b16-13+. The molecule has 0 radical (unpaired) electrons. The molecule has 8 heteroatoms. The van der Waals surface area contributed by atoms with E-state index < -0.39 is 24.5 Å². The number of allylic oxidation sites excluding steroid dienone is 1. The Hall–Kier alpha value is -4.07. The molecule has 0 saturated heterocycles. The number of carbonyl (C=O) groups is 3. The van der Waals surface area contributed by atoms with Crippen molar-refractivity contribution in [1.29, 1.82) is 0 Å². The van der Waals surface area contributed by atoms with Crippen molar-refractivity contribution in [3.63, 3.8) is 0 Å². The molecule has 0 bridgehead atoms. The number of aromatic nitrogens is 1. The second kappa shape index (κ2) is 9.60. The molecule has 1 aliphatic rings. The van der Waals surface area contributed by atoms with Gasteiger partial charge in [0.15, 0.2) is 6.61 Å². The van der Waals surface area contributed by atoms with Gasteiger partial charge in [0.1, 0.15) is 5.82 Å².